The average molecular weight is 490 g/mol. The zero-order chi connectivity index (χ0) is 25.5. The number of hydrogen-bond acceptors (Lipinski definition) is 7. The van der Waals surface area contributed by atoms with E-state index in [0.717, 1.165) is 17.0 Å². The van der Waals surface area contributed by atoms with Crippen LogP contribution in [0.2, 0.25) is 0 Å². The van der Waals surface area contributed by atoms with E-state index in [9.17, 15) is 14.8 Å². The van der Waals surface area contributed by atoms with E-state index in [1.165, 1.54) is 13.0 Å². The Hall–Kier alpha value is -3.72. The standard InChI is InChI=1S/C28H31N3O5/c1-3-31(34,28(33)24-10-7-11-27(20-24)36-22(2)32)30-18-16-29(17-19-30)25-12-14-26(15-13-25)35-21-23-8-5-4-6-9-23/h4-15,20H,3,16-19,21H2,1-2H3. The Morgan fingerprint density at radius 1 is 0.889 bits per heavy atom. The summed E-state index contributed by atoms with van der Waals surface area (Å²) in [6.07, 6.45) is 0. The Labute approximate surface area is 211 Å². The smallest absolute Gasteiger partial charge is 0.365 e. The van der Waals surface area contributed by atoms with Crippen LogP contribution in [0.4, 0.5) is 5.69 Å². The van der Waals surface area contributed by atoms with Gasteiger partial charge in [0.05, 0.1) is 18.7 Å². The van der Waals surface area contributed by atoms with Crippen molar-refractivity contribution in [3.8, 4) is 11.5 Å². The van der Waals surface area contributed by atoms with Crippen LogP contribution in [-0.4, -0.2) is 54.4 Å². The number of hydroxylamine groups is 2. The van der Waals surface area contributed by atoms with Crippen LogP contribution < -0.4 is 14.4 Å². The van der Waals surface area contributed by atoms with Crippen LogP contribution in [0.1, 0.15) is 29.8 Å². The van der Waals surface area contributed by atoms with Crippen molar-refractivity contribution in [3.05, 3.63) is 95.2 Å². The fourth-order valence-electron chi connectivity index (χ4n) is 4.30. The number of carbonyl (C=O) groups is 2. The lowest BCUT2D eigenvalue weighted by Crippen LogP contribution is -2.64. The van der Waals surface area contributed by atoms with E-state index in [2.05, 4.69) is 4.90 Å². The summed E-state index contributed by atoms with van der Waals surface area (Å²) in [5.41, 5.74) is 2.38. The molecular weight excluding hydrogens is 458 g/mol. The molecule has 1 aliphatic rings. The van der Waals surface area contributed by atoms with Crippen LogP contribution in [0.15, 0.2) is 78.9 Å². The number of rotatable bonds is 8. The largest absolute Gasteiger partial charge is 0.604 e. The summed E-state index contributed by atoms with van der Waals surface area (Å²) >= 11 is 0. The molecule has 188 valence electrons. The molecule has 0 radical (unpaired) electrons. The minimum absolute atomic E-state index is 0.0735. The second-order valence-corrected chi connectivity index (χ2v) is 8.65. The van der Waals surface area contributed by atoms with Crippen molar-refractivity contribution in [1.82, 2.24) is 5.01 Å². The van der Waals surface area contributed by atoms with Crippen LogP contribution in [0, 0.1) is 5.21 Å². The van der Waals surface area contributed by atoms with Crippen LogP contribution in [0.5, 0.6) is 11.5 Å². The molecule has 0 spiro atoms. The molecule has 0 aliphatic carbocycles. The molecule has 0 N–H and O–H groups in total. The van der Waals surface area contributed by atoms with E-state index in [1.54, 1.807) is 30.1 Å². The second kappa shape index (κ2) is 11.3. The average Bonchev–Trinajstić information content (AvgIpc) is 2.92. The number of piperazine rings is 1. The van der Waals surface area contributed by atoms with E-state index >= 15 is 0 Å². The maximum atomic E-state index is 13.7. The first-order valence-electron chi connectivity index (χ1n) is 12.1. The van der Waals surface area contributed by atoms with Gasteiger partial charge in [0.15, 0.2) is 0 Å². The summed E-state index contributed by atoms with van der Waals surface area (Å²) in [5.74, 6) is -0.00851. The first-order chi connectivity index (χ1) is 17.4. The molecular formula is C28H31N3O5. The van der Waals surface area contributed by atoms with Gasteiger partial charge in [-0.15, -0.1) is 5.01 Å². The molecule has 1 fully saturated rings. The molecule has 1 aliphatic heterocycles. The van der Waals surface area contributed by atoms with E-state index < -0.39 is 16.6 Å². The van der Waals surface area contributed by atoms with Gasteiger partial charge >= 0.3 is 11.9 Å². The highest BCUT2D eigenvalue weighted by atomic mass is 16.6. The van der Waals surface area contributed by atoms with Crippen molar-refractivity contribution in [2.75, 3.05) is 37.6 Å². The van der Waals surface area contributed by atoms with Gasteiger partial charge in [0, 0.05) is 25.7 Å². The molecule has 3 aromatic rings. The van der Waals surface area contributed by atoms with E-state index in [-0.39, 0.29) is 17.9 Å². The summed E-state index contributed by atoms with van der Waals surface area (Å²) in [4.78, 5) is 26.7. The van der Waals surface area contributed by atoms with E-state index in [0.29, 0.717) is 32.8 Å². The van der Waals surface area contributed by atoms with Gasteiger partial charge in [-0.1, -0.05) is 36.4 Å². The Kier molecular flexibility index (Phi) is 8.00. The Morgan fingerprint density at radius 3 is 2.22 bits per heavy atom. The Morgan fingerprint density at radius 2 is 1.58 bits per heavy atom. The summed E-state index contributed by atoms with van der Waals surface area (Å²) in [7, 11) is 0. The van der Waals surface area contributed by atoms with Crippen LogP contribution in [0.25, 0.3) is 0 Å². The number of hydrogen-bond donors (Lipinski definition) is 0. The van der Waals surface area contributed by atoms with Crippen molar-refractivity contribution in [2.45, 2.75) is 20.5 Å². The first kappa shape index (κ1) is 25.4. The van der Waals surface area contributed by atoms with Crippen molar-refractivity contribution in [2.24, 2.45) is 0 Å². The molecule has 8 heteroatoms. The zero-order valence-electron chi connectivity index (χ0n) is 20.6. The maximum Gasteiger partial charge on any atom is 0.365 e. The van der Waals surface area contributed by atoms with Crippen molar-refractivity contribution >= 4 is 17.6 Å². The minimum atomic E-state index is -1.08. The predicted molar refractivity (Wildman–Crippen MR) is 137 cm³/mol. The van der Waals surface area contributed by atoms with Gasteiger partial charge in [-0.05, 0) is 55.0 Å². The number of nitrogens with zero attached hydrogens (tertiary/aromatic N) is 3. The molecule has 0 bridgehead atoms. The second-order valence-electron chi connectivity index (χ2n) is 8.65. The summed E-state index contributed by atoms with van der Waals surface area (Å²) < 4.78 is 9.87. The number of ether oxygens (including phenoxy) is 2. The fourth-order valence-corrected chi connectivity index (χ4v) is 4.30. The third kappa shape index (κ3) is 5.91. The van der Waals surface area contributed by atoms with Crippen LogP contribution >= 0.6 is 0 Å². The van der Waals surface area contributed by atoms with Crippen molar-refractivity contribution < 1.29 is 23.8 Å². The molecule has 1 unspecified atom stereocenters. The monoisotopic (exact) mass is 489 g/mol. The maximum absolute atomic E-state index is 13.7. The summed E-state index contributed by atoms with van der Waals surface area (Å²) in [5, 5.41) is 15.4. The van der Waals surface area contributed by atoms with Gasteiger partial charge in [0.25, 0.3) is 0 Å². The topological polar surface area (TPSA) is 82.1 Å². The molecule has 1 atom stereocenters. The molecule has 1 saturated heterocycles. The van der Waals surface area contributed by atoms with Crippen LogP contribution in [0.3, 0.4) is 0 Å². The van der Waals surface area contributed by atoms with E-state index in [1.807, 2.05) is 54.6 Å². The third-order valence-corrected chi connectivity index (χ3v) is 6.25. The van der Waals surface area contributed by atoms with Gasteiger partial charge in [-0.3, -0.25) is 4.79 Å². The van der Waals surface area contributed by atoms with Gasteiger partial charge in [-0.2, -0.15) is 0 Å². The number of anilines is 1. The number of carbonyl (C=O) groups excluding carboxylic acids is 2. The van der Waals surface area contributed by atoms with Gasteiger partial charge < -0.3 is 19.6 Å². The van der Waals surface area contributed by atoms with Crippen molar-refractivity contribution in [1.29, 1.82) is 0 Å². The predicted octanol–water partition coefficient (Wildman–Crippen LogP) is 4.40. The third-order valence-electron chi connectivity index (χ3n) is 6.25. The number of esters is 1. The van der Waals surface area contributed by atoms with Gasteiger partial charge in [-0.25, -0.2) is 9.55 Å². The van der Waals surface area contributed by atoms with Crippen molar-refractivity contribution in [3.63, 3.8) is 0 Å². The fraction of sp³-hybridized carbons (Fsp3) is 0.286. The molecule has 36 heavy (non-hydrogen) atoms. The SMILES string of the molecule is CC[N+]([O-])(C(=O)c1cccc(OC(C)=O)c1)N1CCN(c2ccc(OCc3ccccc3)cc2)CC1. The number of benzene rings is 3. The highest BCUT2D eigenvalue weighted by molar-refractivity contribution is 5.89. The van der Waals surface area contributed by atoms with E-state index in [4.69, 9.17) is 9.47 Å². The molecule has 8 nitrogen and oxygen atoms in total. The number of quaternary nitrogens is 1. The minimum Gasteiger partial charge on any atom is -0.604 e. The highest BCUT2D eigenvalue weighted by Crippen LogP contribution is 2.25. The molecule has 4 rings (SSSR count). The number of amides is 1. The molecule has 0 saturated carbocycles. The quantitative estimate of drug-likeness (QED) is 0.201. The normalized spacial score (nSPS) is 15.7. The lowest BCUT2D eigenvalue weighted by Gasteiger charge is -2.49. The van der Waals surface area contributed by atoms with Crippen LogP contribution in [-0.2, 0) is 11.4 Å². The molecule has 0 aromatic heterocycles. The molecule has 1 amide bonds. The zero-order valence-corrected chi connectivity index (χ0v) is 20.6. The molecule has 1 heterocycles. The first-order valence-corrected chi connectivity index (χ1v) is 12.1. The molecule has 3 aromatic carbocycles. The summed E-state index contributed by atoms with van der Waals surface area (Å²) in [6, 6.07) is 24.2. The lowest BCUT2D eigenvalue weighted by atomic mass is 10.2. The summed E-state index contributed by atoms with van der Waals surface area (Å²) in [6.45, 7) is 5.71. The Bertz CT molecular complexity index is 1180. The Balaban J connectivity index is 1.36. The lowest BCUT2D eigenvalue weighted by molar-refractivity contribution is -0.920. The van der Waals surface area contributed by atoms with Gasteiger partial charge in [0.2, 0.25) is 0 Å². The van der Waals surface area contributed by atoms with Gasteiger partial charge in [0.1, 0.15) is 24.7 Å². The highest BCUT2D eigenvalue weighted by Gasteiger charge is 2.37.